The molecule has 112 valence electrons. The van der Waals surface area contributed by atoms with Crippen molar-refractivity contribution in [3.05, 3.63) is 17.8 Å². The highest BCUT2D eigenvalue weighted by atomic mass is 16.4. The van der Waals surface area contributed by atoms with Crippen molar-refractivity contribution in [2.24, 2.45) is 5.92 Å². The highest BCUT2D eigenvalue weighted by Gasteiger charge is 2.09. The van der Waals surface area contributed by atoms with Gasteiger partial charge in [-0.1, -0.05) is 6.92 Å². The molecule has 0 saturated carbocycles. The summed E-state index contributed by atoms with van der Waals surface area (Å²) in [5, 5.41) is 8.72. The minimum atomic E-state index is -0.756. The first-order chi connectivity index (χ1) is 9.95. The monoisotopic (exact) mass is 289 g/mol. The summed E-state index contributed by atoms with van der Waals surface area (Å²) >= 11 is 0. The van der Waals surface area contributed by atoms with Gasteiger partial charge in [-0.05, 0) is 37.3 Å². The maximum Gasteiger partial charge on any atom is 0.303 e. The second kappa shape index (κ2) is 6.34. The topological polar surface area (TPSA) is 128 Å². The number of nitrogens with two attached hydrogens (primary N) is 2. The molecule has 0 saturated heterocycles. The van der Waals surface area contributed by atoms with Crippen LogP contribution in [-0.4, -0.2) is 26.0 Å². The second-order valence-electron chi connectivity index (χ2n) is 5.23. The molecule has 0 aromatic carbocycles. The maximum absolute atomic E-state index is 10.6. The molecule has 2 aromatic rings. The summed E-state index contributed by atoms with van der Waals surface area (Å²) in [6, 6.07) is 3.71. The maximum atomic E-state index is 10.6. The van der Waals surface area contributed by atoms with Crippen molar-refractivity contribution >= 4 is 28.8 Å². The fourth-order valence-electron chi connectivity index (χ4n) is 2.27. The number of carbonyl (C=O) groups is 1. The molecule has 0 aliphatic rings. The van der Waals surface area contributed by atoms with E-state index >= 15 is 0 Å². The summed E-state index contributed by atoms with van der Waals surface area (Å²) in [6.07, 6.45) is 2.69. The third-order valence-electron chi connectivity index (χ3n) is 3.30. The molecule has 0 radical (unpaired) electrons. The number of nitrogen functional groups attached to an aromatic ring is 2. The Balaban J connectivity index is 2.01. The van der Waals surface area contributed by atoms with E-state index in [1.807, 2.05) is 19.1 Å². The van der Waals surface area contributed by atoms with Crippen LogP contribution in [0.5, 0.6) is 0 Å². The molecule has 7 nitrogen and oxygen atoms in total. The van der Waals surface area contributed by atoms with Gasteiger partial charge in [0.05, 0.1) is 5.52 Å². The molecule has 1 atom stereocenters. The van der Waals surface area contributed by atoms with Crippen LogP contribution in [-0.2, 0) is 11.2 Å². The normalized spacial score (nSPS) is 12.4. The molecule has 0 amide bonds. The molecular weight excluding hydrogens is 270 g/mol. The highest BCUT2D eigenvalue weighted by Crippen LogP contribution is 2.18. The number of nitrogens with zero attached hydrogens (tertiary/aromatic N) is 3. The zero-order chi connectivity index (χ0) is 15.4. The molecular formula is C14H19N5O2. The zero-order valence-corrected chi connectivity index (χ0v) is 11.9. The van der Waals surface area contributed by atoms with Gasteiger partial charge in [-0.25, -0.2) is 9.97 Å². The van der Waals surface area contributed by atoms with Crippen LogP contribution in [0.15, 0.2) is 12.1 Å². The standard InChI is InChI=1S/C14H19N5O2/c1-8(7-11(20)21)3-2-4-9-5-6-10-12(17-9)13(15)19-14(16)18-10/h5-6,8H,2-4,7H2,1H3,(H,20,21)(H4,15,16,18,19). The highest BCUT2D eigenvalue weighted by molar-refractivity contribution is 5.84. The van der Waals surface area contributed by atoms with Crippen LogP contribution < -0.4 is 11.5 Å². The van der Waals surface area contributed by atoms with Crippen LogP contribution in [0.1, 0.15) is 31.9 Å². The second-order valence-corrected chi connectivity index (χ2v) is 5.23. The van der Waals surface area contributed by atoms with Gasteiger partial charge in [0.2, 0.25) is 5.95 Å². The molecule has 0 fully saturated rings. The van der Waals surface area contributed by atoms with Gasteiger partial charge >= 0.3 is 5.97 Å². The van der Waals surface area contributed by atoms with E-state index in [4.69, 9.17) is 16.6 Å². The fraction of sp³-hybridized carbons (Fsp3) is 0.429. The van der Waals surface area contributed by atoms with Crippen molar-refractivity contribution in [1.29, 1.82) is 0 Å². The van der Waals surface area contributed by atoms with E-state index in [2.05, 4.69) is 15.0 Å². The van der Waals surface area contributed by atoms with E-state index in [0.717, 1.165) is 25.0 Å². The van der Waals surface area contributed by atoms with Gasteiger partial charge in [-0.3, -0.25) is 4.79 Å². The molecule has 0 aliphatic heterocycles. The number of pyridine rings is 1. The van der Waals surface area contributed by atoms with E-state index in [1.54, 1.807) is 0 Å². The number of anilines is 2. The Morgan fingerprint density at radius 3 is 2.76 bits per heavy atom. The fourth-order valence-corrected chi connectivity index (χ4v) is 2.27. The van der Waals surface area contributed by atoms with Crippen molar-refractivity contribution in [2.45, 2.75) is 32.6 Å². The largest absolute Gasteiger partial charge is 0.481 e. The van der Waals surface area contributed by atoms with Crippen molar-refractivity contribution in [1.82, 2.24) is 15.0 Å². The number of hydrogen-bond donors (Lipinski definition) is 3. The van der Waals surface area contributed by atoms with Crippen molar-refractivity contribution < 1.29 is 9.90 Å². The van der Waals surface area contributed by atoms with Gasteiger partial charge in [0.1, 0.15) is 5.52 Å². The Kier molecular flexibility index (Phi) is 4.52. The van der Waals surface area contributed by atoms with E-state index < -0.39 is 5.97 Å². The molecule has 2 heterocycles. The van der Waals surface area contributed by atoms with Gasteiger partial charge in [0.15, 0.2) is 5.82 Å². The Hall–Kier alpha value is -2.44. The molecule has 0 bridgehead atoms. The first-order valence-corrected chi connectivity index (χ1v) is 6.86. The van der Waals surface area contributed by atoms with Crippen LogP contribution >= 0.6 is 0 Å². The number of hydrogen-bond acceptors (Lipinski definition) is 6. The molecule has 21 heavy (non-hydrogen) atoms. The zero-order valence-electron chi connectivity index (χ0n) is 11.9. The SMILES string of the molecule is CC(CCCc1ccc2nc(N)nc(N)c2n1)CC(=O)O. The lowest BCUT2D eigenvalue weighted by Gasteiger charge is -2.08. The Labute approximate surface area is 122 Å². The van der Waals surface area contributed by atoms with Crippen LogP contribution in [0.2, 0.25) is 0 Å². The van der Waals surface area contributed by atoms with Crippen molar-refractivity contribution in [3.8, 4) is 0 Å². The van der Waals surface area contributed by atoms with Gasteiger partial charge in [0, 0.05) is 12.1 Å². The predicted molar refractivity (Wildman–Crippen MR) is 80.5 cm³/mol. The Morgan fingerprint density at radius 2 is 2.05 bits per heavy atom. The van der Waals surface area contributed by atoms with Gasteiger partial charge < -0.3 is 16.6 Å². The summed E-state index contributed by atoms with van der Waals surface area (Å²) in [7, 11) is 0. The molecule has 2 aromatic heterocycles. The van der Waals surface area contributed by atoms with Crippen molar-refractivity contribution in [2.75, 3.05) is 11.5 Å². The number of carboxylic acid groups (broad SMARTS) is 1. The average molecular weight is 289 g/mol. The first-order valence-electron chi connectivity index (χ1n) is 6.86. The number of fused-ring (bicyclic) bond motifs is 1. The molecule has 1 unspecified atom stereocenters. The number of aliphatic carboxylic acids is 1. The number of aromatic nitrogens is 3. The van der Waals surface area contributed by atoms with Crippen molar-refractivity contribution in [3.63, 3.8) is 0 Å². The minimum Gasteiger partial charge on any atom is -0.481 e. The van der Waals surface area contributed by atoms with Crippen LogP contribution in [0.25, 0.3) is 11.0 Å². The molecule has 7 heteroatoms. The predicted octanol–water partition coefficient (Wildman–Crippen LogP) is 1.62. The first kappa shape index (κ1) is 15.0. The van der Waals surface area contributed by atoms with E-state index in [9.17, 15) is 4.79 Å². The molecule has 0 aliphatic carbocycles. The lowest BCUT2D eigenvalue weighted by atomic mass is 10.00. The number of carboxylic acids is 1. The van der Waals surface area contributed by atoms with Crippen LogP contribution in [0.4, 0.5) is 11.8 Å². The van der Waals surface area contributed by atoms with E-state index in [0.29, 0.717) is 11.0 Å². The molecule has 5 N–H and O–H groups in total. The number of aryl methyl sites for hydroxylation is 1. The van der Waals surface area contributed by atoms with Gasteiger partial charge in [-0.2, -0.15) is 4.98 Å². The lowest BCUT2D eigenvalue weighted by molar-refractivity contribution is -0.138. The Morgan fingerprint density at radius 1 is 1.29 bits per heavy atom. The lowest BCUT2D eigenvalue weighted by Crippen LogP contribution is -2.05. The summed E-state index contributed by atoms with van der Waals surface area (Å²) in [6.45, 7) is 1.94. The molecule has 0 spiro atoms. The molecule has 2 rings (SSSR count). The third kappa shape index (κ3) is 4.01. The minimum absolute atomic E-state index is 0.136. The summed E-state index contributed by atoms with van der Waals surface area (Å²) in [5.74, 6) is -0.180. The van der Waals surface area contributed by atoms with Gasteiger partial charge in [0.25, 0.3) is 0 Å². The van der Waals surface area contributed by atoms with Crippen LogP contribution in [0.3, 0.4) is 0 Å². The third-order valence-corrected chi connectivity index (χ3v) is 3.30. The summed E-state index contributed by atoms with van der Waals surface area (Å²) in [5.41, 5.74) is 13.4. The summed E-state index contributed by atoms with van der Waals surface area (Å²) in [4.78, 5) is 23.0. The quantitative estimate of drug-likeness (QED) is 0.737. The van der Waals surface area contributed by atoms with Gasteiger partial charge in [-0.15, -0.1) is 0 Å². The number of rotatable bonds is 6. The van der Waals surface area contributed by atoms with E-state index in [-0.39, 0.29) is 24.1 Å². The Bertz CT molecular complexity index is 659. The average Bonchev–Trinajstić information content (AvgIpc) is 2.38. The van der Waals surface area contributed by atoms with E-state index in [1.165, 1.54) is 0 Å². The smallest absolute Gasteiger partial charge is 0.303 e. The summed E-state index contributed by atoms with van der Waals surface area (Å²) < 4.78 is 0. The van der Waals surface area contributed by atoms with Crippen LogP contribution in [0, 0.1) is 5.92 Å².